The maximum absolute atomic E-state index is 12.4. The molecule has 0 radical (unpaired) electrons. The third-order valence-electron chi connectivity index (χ3n) is 4.13. The molecule has 3 rings (SSSR count). The van der Waals surface area contributed by atoms with Crippen LogP contribution >= 0.6 is 11.6 Å². The number of amides is 2. The van der Waals surface area contributed by atoms with E-state index in [1.54, 1.807) is 66.7 Å². The maximum atomic E-state index is 12.4. The van der Waals surface area contributed by atoms with Crippen LogP contribution in [-0.4, -0.2) is 25.0 Å². The average molecular weight is 424 g/mol. The summed E-state index contributed by atoms with van der Waals surface area (Å²) in [5.41, 5.74) is 2.52. The van der Waals surface area contributed by atoms with Crippen molar-refractivity contribution in [3.63, 3.8) is 0 Å². The zero-order chi connectivity index (χ0) is 21.3. The van der Waals surface area contributed by atoms with Crippen molar-refractivity contribution in [2.24, 2.45) is 0 Å². The summed E-state index contributed by atoms with van der Waals surface area (Å²) in [6.45, 7) is 2.60. The molecule has 0 unspecified atom stereocenters. The Bertz CT molecular complexity index is 1000. The first-order chi connectivity index (χ1) is 14.5. The lowest BCUT2D eigenvalue weighted by Crippen LogP contribution is -2.21. The summed E-state index contributed by atoms with van der Waals surface area (Å²) in [6, 6.07) is 21.0. The van der Waals surface area contributed by atoms with Gasteiger partial charge in [-0.05, 0) is 73.7 Å². The molecule has 0 aliphatic carbocycles. The lowest BCUT2D eigenvalue weighted by molar-refractivity contribution is -0.114. The van der Waals surface area contributed by atoms with Crippen molar-refractivity contribution in [1.29, 1.82) is 0 Å². The normalized spacial score (nSPS) is 10.2. The second kappa shape index (κ2) is 10.3. The van der Waals surface area contributed by atoms with Crippen molar-refractivity contribution in [2.75, 3.05) is 29.1 Å². The van der Waals surface area contributed by atoms with E-state index < -0.39 is 0 Å². The number of halogens is 1. The van der Waals surface area contributed by atoms with Crippen molar-refractivity contribution in [1.82, 2.24) is 0 Å². The summed E-state index contributed by atoms with van der Waals surface area (Å²) in [5, 5.41) is 9.21. The number of benzene rings is 3. The minimum atomic E-state index is -0.236. The molecule has 0 aliphatic rings. The molecule has 0 spiro atoms. The SMILES string of the molecule is CCOc1ccc(NC(=O)c2ccc(NC(=O)CNc3cccc(Cl)c3)cc2)cc1. The summed E-state index contributed by atoms with van der Waals surface area (Å²) >= 11 is 5.92. The first kappa shape index (κ1) is 21.2. The van der Waals surface area contributed by atoms with E-state index >= 15 is 0 Å². The predicted molar refractivity (Wildman–Crippen MR) is 121 cm³/mol. The maximum Gasteiger partial charge on any atom is 0.255 e. The lowest BCUT2D eigenvalue weighted by atomic mass is 10.2. The van der Waals surface area contributed by atoms with Crippen LogP contribution in [0.3, 0.4) is 0 Å². The van der Waals surface area contributed by atoms with E-state index in [9.17, 15) is 9.59 Å². The number of carbonyl (C=O) groups excluding carboxylic acids is 2. The second-order valence-corrected chi connectivity index (χ2v) is 6.84. The number of anilines is 3. The molecule has 0 fully saturated rings. The van der Waals surface area contributed by atoms with E-state index in [-0.39, 0.29) is 18.4 Å². The molecule has 154 valence electrons. The monoisotopic (exact) mass is 423 g/mol. The molecule has 6 nitrogen and oxygen atoms in total. The number of rotatable bonds is 8. The molecular weight excluding hydrogens is 402 g/mol. The predicted octanol–water partition coefficient (Wildman–Crippen LogP) is 5.04. The zero-order valence-corrected chi connectivity index (χ0v) is 17.2. The van der Waals surface area contributed by atoms with Gasteiger partial charge in [0.25, 0.3) is 5.91 Å². The van der Waals surface area contributed by atoms with Crippen LogP contribution in [0.15, 0.2) is 72.8 Å². The van der Waals surface area contributed by atoms with Gasteiger partial charge in [0.05, 0.1) is 13.2 Å². The molecule has 0 aromatic heterocycles. The summed E-state index contributed by atoms with van der Waals surface area (Å²) in [4.78, 5) is 24.5. The van der Waals surface area contributed by atoms with Crippen molar-refractivity contribution in [3.05, 3.63) is 83.4 Å². The number of hydrogen-bond acceptors (Lipinski definition) is 4. The summed E-state index contributed by atoms with van der Waals surface area (Å²) < 4.78 is 5.39. The molecule has 3 aromatic carbocycles. The molecule has 0 heterocycles. The highest BCUT2D eigenvalue weighted by molar-refractivity contribution is 6.30. The summed E-state index contributed by atoms with van der Waals surface area (Å²) in [5.74, 6) is 0.307. The second-order valence-electron chi connectivity index (χ2n) is 6.40. The van der Waals surface area contributed by atoms with Gasteiger partial charge in [-0.15, -0.1) is 0 Å². The molecule has 7 heteroatoms. The van der Waals surface area contributed by atoms with E-state index in [1.807, 2.05) is 13.0 Å². The van der Waals surface area contributed by atoms with Gasteiger partial charge in [-0.1, -0.05) is 17.7 Å². The molecule has 30 heavy (non-hydrogen) atoms. The van der Waals surface area contributed by atoms with Crippen LogP contribution < -0.4 is 20.7 Å². The topological polar surface area (TPSA) is 79.5 Å². The van der Waals surface area contributed by atoms with E-state index in [1.165, 1.54) is 0 Å². The largest absolute Gasteiger partial charge is 0.494 e. The van der Waals surface area contributed by atoms with Gasteiger partial charge in [0, 0.05) is 27.6 Å². The summed E-state index contributed by atoms with van der Waals surface area (Å²) in [7, 11) is 0. The van der Waals surface area contributed by atoms with Crippen LogP contribution in [0.25, 0.3) is 0 Å². The number of hydrogen-bond donors (Lipinski definition) is 3. The Morgan fingerprint density at radius 1 is 0.867 bits per heavy atom. The van der Waals surface area contributed by atoms with Gasteiger partial charge in [-0.25, -0.2) is 0 Å². The molecule has 3 N–H and O–H groups in total. The van der Waals surface area contributed by atoms with E-state index in [2.05, 4.69) is 16.0 Å². The van der Waals surface area contributed by atoms with E-state index in [4.69, 9.17) is 16.3 Å². The molecule has 0 bridgehead atoms. The highest BCUT2D eigenvalue weighted by Crippen LogP contribution is 2.18. The summed E-state index contributed by atoms with van der Waals surface area (Å²) in [6.07, 6.45) is 0. The zero-order valence-electron chi connectivity index (χ0n) is 16.4. The Morgan fingerprint density at radius 3 is 2.20 bits per heavy atom. The molecule has 0 aliphatic heterocycles. The highest BCUT2D eigenvalue weighted by atomic mass is 35.5. The third-order valence-corrected chi connectivity index (χ3v) is 4.37. The minimum Gasteiger partial charge on any atom is -0.494 e. The van der Waals surface area contributed by atoms with Gasteiger partial charge in [0.1, 0.15) is 5.75 Å². The molecule has 0 saturated heterocycles. The fraction of sp³-hybridized carbons (Fsp3) is 0.130. The van der Waals surface area contributed by atoms with Gasteiger partial charge >= 0.3 is 0 Å². The highest BCUT2D eigenvalue weighted by Gasteiger charge is 2.08. The number of nitrogens with one attached hydrogen (secondary N) is 3. The lowest BCUT2D eigenvalue weighted by Gasteiger charge is -2.09. The minimum absolute atomic E-state index is 0.0975. The average Bonchev–Trinajstić information content (AvgIpc) is 2.74. The van der Waals surface area contributed by atoms with Crippen molar-refractivity contribution in [2.45, 2.75) is 6.92 Å². The van der Waals surface area contributed by atoms with Crippen LogP contribution in [-0.2, 0) is 4.79 Å². The smallest absolute Gasteiger partial charge is 0.255 e. The Kier molecular flexibility index (Phi) is 7.29. The Hall–Kier alpha value is -3.51. The third kappa shape index (κ3) is 6.25. The fourth-order valence-electron chi connectivity index (χ4n) is 2.70. The van der Waals surface area contributed by atoms with Crippen LogP contribution in [0.4, 0.5) is 17.1 Å². The molecule has 3 aromatic rings. The Morgan fingerprint density at radius 2 is 1.53 bits per heavy atom. The molecular formula is C23H22ClN3O3. The number of ether oxygens (including phenoxy) is 1. The van der Waals surface area contributed by atoms with Gasteiger partial charge in [-0.3, -0.25) is 9.59 Å². The fourth-order valence-corrected chi connectivity index (χ4v) is 2.89. The van der Waals surface area contributed by atoms with Gasteiger partial charge < -0.3 is 20.7 Å². The number of carbonyl (C=O) groups is 2. The van der Waals surface area contributed by atoms with Crippen LogP contribution in [0.5, 0.6) is 5.75 Å². The Labute approximate surface area is 180 Å². The van der Waals surface area contributed by atoms with Crippen LogP contribution in [0.1, 0.15) is 17.3 Å². The quantitative estimate of drug-likeness (QED) is 0.474. The molecule has 0 atom stereocenters. The first-order valence-corrected chi connectivity index (χ1v) is 9.85. The van der Waals surface area contributed by atoms with Crippen molar-refractivity contribution >= 4 is 40.5 Å². The van der Waals surface area contributed by atoms with Crippen LogP contribution in [0, 0.1) is 0 Å². The van der Waals surface area contributed by atoms with Gasteiger partial charge in [0.2, 0.25) is 5.91 Å². The van der Waals surface area contributed by atoms with Crippen LogP contribution in [0.2, 0.25) is 5.02 Å². The van der Waals surface area contributed by atoms with Crippen molar-refractivity contribution < 1.29 is 14.3 Å². The van der Waals surface area contributed by atoms with E-state index in [0.717, 1.165) is 11.4 Å². The first-order valence-electron chi connectivity index (χ1n) is 9.47. The van der Waals surface area contributed by atoms with Gasteiger partial charge in [0.15, 0.2) is 0 Å². The van der Waals surface area contributed by atoms with E-state index in [0.29, 0.717) is 28.6 Å². The Balaban J connectivity index is 1.51. The van der Waals surface area contributed by atoms with Crippen molar-refractivity contribution in [3.8, 4) is 5.75 Å². The van der Waals surface area contributed by atoms with Gasteiger partial charge in [-0.2, -0.15) is 0 Å². The molecule has 0 saturated carbocycles. The standard InChI is InChI=1S/C23H22ClN3O3/c1-2-30-21-12-10-19(11-13-21)27-23(29)16-6-8-18(9-7-16)26-22(28)15-25-20-5-3-4-17(24)14-20/h3-14,25H,2,15H2,1H3,(H,26,28)(H,27,29). The molecule has 2 amide bonds.